The second-order valence-electron chi connectivity index (χ2n) is 20.9. The lowest BCUT2D eigenvalue weighted by Gasteiger charge is -2.23. The Morgan fingerprint density at radius 3 is 1.13 bits per heavy atom. The highest BCUT2D eigenvalue weighted by atomic mass is 35.5. The average molecular weight is 1300 g/mol. The van der Waals surface area contributed by atoms with Crippen LogP contribution in [0.25, 0.3) is 0 Å². The Balaban J connectivity index is -0.000000468. The number of aromatic carboxylic acids is 2. The van der Waals surface area contributed by atoms with Gasteiger partial charge in [0.05, 0.1) is 129 Å². The van der Waals surface area contributed by atoms with Gasteiger partial charge in [-0.3, -0.25) is 5.04 Å². The number of hydrogen-bond donors (Lipinski definition) is 5. The monoisotopic (exact) mass is 1290 g/mol. The zero-order valence-corrected chi connectivity index (χ0v) is 55.7. The quantitative estimate of drug-likeness (QED) is 0.0174. The Morgan fingerprint density at radius 1 is 0.586 bits per heavy atom. The maximum absolute atomic E-state index is 11.2. The molecule has 0 amide bonds. The molecule has 0 saturated heterocycles. The lowest BCUT2D eigenvalue weighted by molar-refractivity contribution is -0.884. The van der Waals surface area contributed by atoms with E-state index in [2.05, 4.69) is 107 Å². The predicted octanol–water partition coefficient (Wildman–Crippen LogP) is 3.94. The highest BCUT2D eigenvalue weighted by Gasteiger charge is 2.12. The van der Waals surface area contributed by atoms with E-state index in [4.69, 9.17) is 35.1 Å². The van der Waals surface area contributed by atoms with Crippen molar-refractivity contribution in [2.45, 2.75) is 57.8 Å². The molecular formula is C62H89ClN4O17S3. The molecular weight excluding hydrogens is 1200 g/mol. The summed E-state index contributed by atoms with van der Waals surface area (Å²) in [6, 6.07) is 43.6. The highest BCUT2D eigenvalue weighted by molar-refractivity contribution is 7.94. The number of rotatable bonds is 16. The van der Waals surface area contributed by atoms with Gasteiger partial charge in [-0.05, 0) is 96.8 Å². The molecule has 0 aliphatic carbocycles. The van der Waals surface area contributed by atoms with Crippen LogP contribution in [0.15, 0.2) is 150 Å². The summed E-state index contributed by atoms with van der Waals surface area (Å²) in [6.07, 6.45) is 0.604. The van der Waals surface area contributed by atoms with Gasteiger partial charge in [0.25, 0.3) is 0 Å². The van der Waals surface area contributed by atoms with Gasteiger partial charge in [0.15, 0.2) is 0 Å². The van der Waals surface area contributed by atoms with Gasteiger partial charge in [-0.25, -0.2) is 32.4 Å². The van der Waals surface area contributed by atoms with Crippen LogP contribution in [-0.4, -0.2) is 159 Å². The first-order chi connectivity index (χ1) is 40.6. The van der Waals surface area contributed by atoms with E-state index in [9.17, 15) is 29.2 Å². The Hall–Kier alpha value is -6.75. The summed E-state index contributed by atoms with van der Waals surface area (Å²) in [5, 5.41) is 36.8. The number of carbonyl (C=O) groups is 5. The number of aliphatic hydroxyl groups excluding tert-OH is 1. The number of carbonyl (C=O) groups excluding carboxylic acids is 3. The van der Waals surface area contributed by atoms with Crippen LogP contribution in [0, 0.1) is 6.92 Å². The number of quaternary nitrogens is 3. The molecule has 6 N–H and O–H groups in total. The summed E-state index contributed by atoms with van der Waals surface area (Å²) in [7, 11) is 18.2. The van der Waals surface area contributed by atoms with E-state index in [1.54, 1.807) is 72.8 Å². The zero-order valence-electron chi connectivity index (χ0n) is 53.4. The minimum absolute atomic E-state index is 0. The second-order valence-corrected chi connectivity index (χ2v) is 23.1. The van der Waals surface area contributed by atoms with Crippen molar-refractivity contribution in [2.75, 3.05) is 91.1 Å². The topological polar surface area (TPSA) is 303 Å². The summed E-state index contributed by atoms with van der Waals surface area (Å²) < 4.78 is 52.4. The number of aliphatic hydroxyl groups is 1. The van der Waals surface area contributed by atoms with E-state index in [1.807, 2.05) is 79.7 Å². The number of carboxylic acid groups (broad SMARTS) is 2. The number of aryl methyl sites for hydroxylation is 1. The van der Waals surface area contributed by atoms with Gasteiger partial charge in [0.1, 0.15) is 19.6 Å². The van der Waals surface area contributed by atoms with E-state index in [1.165, 1.54) is 42.9 Å². The molecule has 484 valence electrons. The van der Waals surface area contributed by atoms with Crippen LogP contribution < -0.4 is 28.3 Å². The van der Waals surface area contributed by atoms with Gasteiger partial charge >= 0.3 is 29.8 Å². The zero-order chi connectivity index (χ0) is 67.5. The third-order valence-corrected chi connectivity index (χ3v) is 11.0. The first kappa shape index (κ1) is 84.5. The van der Waals surface area contributed by atoms with Crippen molar-refractivity contribution >= 4 is 65.4 Å². The minimum atomic E-state index is -3.92. The number of ether oxygens (including phenoxy) is 3. The van der Waals surface area contributed by atoms with E-state index in [0.717, 1.165) is 69.3 Å². The molecule has 0 aliphatic heterocycles. The van der Waals surface area contributed by atoms with Gasteiger partial charge in [0.2, 0.25) is 0 Å². The fraction of sp³-hybridized carbons (Fsp3) is 0.339. The Bertz CT molecular complexity index is 2890. The molecule has 6 aromatic rings. The number of esters is 3. The van der Waals surface area contributed by atoms with Crippen LogP contribution in [0.1, 0.15) is 105 Å². The molecule has 87 heavy (non-hydrogen) atoms. The molecule has 6 rings (SSSR count). The summed E-state index contributed by atoms with van der Waals surface area (Å²) in [4.78, 5) is 56.5. The number of hydrogen-bond acceptors (Lipinski definition) is 17. The van der Waals surface area contributed by atoms with Crippen LogP contribution >= 0.6 is 25.4 Å². The van der Waals surface area contributed by atoms with Crippen LogP contribution in [0.3, 0.4) is 0 Å². The minimum Gasteiger partial charge on any atom is -1.00 e. The Kier molecular flexibility index (Phi) is 45.1. The van der Waals surface area contributed by atoms with Crippen molar-refractivity contribution in [3.63, 3.8) is 0 Å². The Labute approximate surface area is 532 Å². The second kappa shape index (κ2) is 46.4. The summed E-state index contributed by atoms with van der Waals surface area (Å²) in [5.74, 6) is -2.14. The first-order valence-corrected chi connectivity index (χ1v) is 28.5. The van der Waals surface area contributed by atoms with Crippen molar-refractivity contribution < 1.29 is 107 Å². The van der Waals surface area contributed by atoms with Gasteiger partial charge in [-0.1, -0.05) is 92.2 Å². The fourth-order valence-electron chi connectivity index (χ4n) is 6.55. The van der Waals surface area contributed by atoms with Gasteiger partial charge in [0, 0.05) is 41.5 Å². The molecule has 0 heterocycles. The van der Waals surface area contributed by atoms with Crippen molar-refractivity contribution in [1.29, 1.82) is 1.12 Å². The number of nitrogens with zero attached hydrogens (tertiary/aromatic N) is 2. The number of nitrogens with one attached hydrogen (secondary N) is 1. The van der Waals surface area contributed by atoms with Crippen LogP contribution in [-0.2, 0) is 59.9 Å². The lowest BCUT2D eigenvalue weighted by Crippen LogP contribution is -3.04. The number of nitrogens with two attached hydrogens (primary N) is 1. The lowest BCUT2D eigenvalue weighted by atomic mass is 10.0. The largest absolute Gasteiger partial charge is 1.00 e. The summed E-state index contributed by atoms with van der Waals surface area (Å²) in [6.45, 7) is 9.47. The molecule has 0 saturated carbocycles. The van der Waals surface area contributed by atoms with Crippen molar-refractivity contribution in [2.24, 2.45) is 5.73 Å². The molecule has 21 nitrogen and oxygen atoms in total. The maximum Gasteiger partial charge on any atom is 0.337 e. The fourth-order valence-corrected chi connectivity index (χ4v) is 6.90. The third kappa shape index (κ3) is 44.4. The van der Waals surface area contributed by atoms with Crippen LogP contribution in [0.5, 0.6) is 0 Å². The van der Waals surface area contributed by atoms with Gasteiger partial charge in [-0.2, -0.15) is 17.7 Å². The number of halogens is 1. The van der Waals surface area contributed by atoms with E-state index >= 15 is 0 Å². The maximum atomic E-state index is 11.2. The smallest absolute Gasteiger partial charge is 0.337 e. The van der Waals surface area contributed by atoms with E-state index in [0.29, 0.717) is 46.5 Å². The molecule has 0 aliphatic rings. The SMILES string of the molecule is CO.COC(=O)c1ccc(C(C)C)cc1.COC(=O)c1ccc(C[N+](C)(C)C)cc1.COC(=O)c1ccc(C[N+](C)(C)C)cc1.CS(=O)(=O)[O-].C[NH+](C)Cc1ccc(C(=O)O)cc1.Cc1ccc(SOO[O-])cc1.NCc1ccc(C(=O)O)cc1.[3H]S.[Cl-]. The van der Waals surface area contributed by atoms with Gasteiger partial charge < -0.3 is 71.3 Å². The summed E-state index contributed by atoms with van der Waals surface area (Å²) >= 11 is 3.67. The van der Waals surface area contributed by atoms with Crippen molar-refractivity contribution in [1.82, 2.24) is 0 Å². The number of benzene rings is 6. The molecule has 0 bridgehead atoms. The molecule has 0 fully saturated rings. The molecule has 0 atom stereocenters. The van der Waals surface area contributed by atoms with Crippen molar-refractivity contribution in [3.05, 3.63) is 207 Å². The van der Waals surface area contributed by atoms with Gasteiger partial charge in [-0.15, -0.1) is 0 Å². The molecule has 0 radical (unpaired) electrons. The van der Waals surface area contributed by atoms with Crippen molar-refractivity contribution in [3.8, 4) is 0 Å². The molecule has 0 spiro atoms. The first-order valence-electron chi connectivity index (χ1n) is 26.4. The number of methoxy groups -OCH3 is 3. The predicted molar refractivity (Wildman–Crippen MR) is 335 cm³/mol. The molecule has 6 aromatic carbocycles. The van der Waals surface area contributed by atoms with E-state index in [-0.39, 0.29) is 30.3 Å². The van der Waals surface area contributed by atoms with Crippen LogP contribution in [0.4, 0.5) is 0 Å². The summed E-state index contributed by atoms with van der Waals surface area (Å²) in [5.41, 5.74) is 14.7. The number of carboxylic acids is 2. The third-order valence-electron chi connectivity index (χ3n) is 10.4. The average Bonchev–Trinajstić information content (AvgIpc) is 3.69. The highest BCUT2D eigenvalue weighted by Crippen LogP contribution is 2.19. The molecule has 0 unspecified atom stereocenters. The Morgan fingerprint density at radius 2 is 0.874 bits per heavy atom. The molecule has 0 aromatic heterocycles. The van der Waals surface area contributed by atoms with E-state index < -0.39 is 22.1 Å². The van der Waals surface area contributed by atoms with Crippen LogP contribution in [0.2, 0.25) is 0 Å². The molecule has 25 heteroatoms. The normalized spacial score (nSPS) is 10.2. The standard InChI is InChI=1S/2C12H18NO2.C11H14O2.C10H13NO2.C8H9NO2.C7H8O3S.CH4O3S.CH4O.ClH.H2S/c2*1-13(2,3)9-10-5-7-11(8-6-10)12(14)15-4;1-8(2)9-4-6-10(7-5-9)11(12)13-3;1-11(2)7-8-3-5-9(6-4-8)10(12)13;9-5-6-1-3-7(4-2-6)8(10)11;1-6-2-4-7(5-3-6)11-10-9-8;1-5(2,3)4;1-2;;/h2*5-8H,9H2,1-4H3;4-8H,1-3H3;3-6H,7H2,1-2H3,(H,12,13);1-4H,5,9H2,(H,10,11);2-5,8H,1H3;1H3,(H,2,3,4);2H,1H3;1H;1H2/q2*+1;;;;;;;;/p-2/i/hT.